The van der Waals surface area contributed by atoms with Crippen molar-refractivity contribution < 1.29 is 9.32 Å². The molecule has 28 heavy (non-hydrogen) atoms. The molecular weight excluding hydrogens is 370 g/mol. The number of hydrogen-bond donors (Lipinski definition) is 0. The highest BCUT2D eigenvalue weighted by molar-refractivity contribution is 6.30. The van der Waals surface area contributed by atoms with Gasteiger partial charge in [0, 0.05) is 28.8 Å². The highest BCUT2D eigenvalue weighted by atomic mass is 35.5. The molecule has 3 nitrogen and oxygen atoms in total. The lowest BCUT2D eigenvalue weighted by Crippen LogP contribution is -2.11. The van der Waals surface area contributed by atoms with Crippen molar-refractivity contribution in [2.24, 2.45) is 5.92 Å². The summed E-state index contributed by atoms with van der Waals surface area (Å²) in [6.07, 6.45) is 2.54. The summed E-state index contributed by atoms with van der Waals surface area (Å²) in [6, 6.07) is 16.1. The van der Waals surface area contributed by atoms with Gasteiger partial charge in [-0.2, -0.15) is 0 Å². The van der Waals surface area contributed by atoms with Gasteiger partial charge in [-0.05, 0) is 41.3 Å². The molecule has 4 rings (SSSR count). The fourth-order valence-corrected chi connectivity index (χ4v) is 3.88. The Morgan fingerprint density at radius 1 is 1.11 bits per heavy atom. The molecule has 1 aliphatic carbocycles. The molecule has 0 bridgehead atoms. The number of halogens is 1. The van der Waals surface area contributed by atoms with Crippen LogP contribution < -0.4 is 0 Å². The summed E-state index contributed by atoms with van der Waals surface area (Å²) < 4.78 is 5.75. The molecule has 1 atom stereocenters. The summed E-state index contributed by atoms with van der Waals surface area (Å²) in [4.78, 5) is 12.6. The molecule has 1 aliphatic rings. The van der Waals surface area contributed by atoms with Crippen molar-refractivity contribution in [2.45, 2.75) is 33.1 Å². The number of hydrogen-bond acceptors (Lipinski definition) is 3. The molecule has 0 amide bonds. The quantitative estimate of drug-likeness (QED) is 0.513. The molecule has 0 aliphatic heterocycles. The monoisotopic (exact) mass is 391 g/mol. The van der Waals surface area contributed by atoms with Crippen LogP contribution in [-0.4, -0.2) is 10.9 Å². The topological polar surface area (TPSA) is 43.1 Å². The summed E-state index contributed by atoms with van der Waals surface area (Å²) in [5.41, 5.74) is 6.18. The highest BCUT2D eigenvalue weighted by Gasteiger charge is 2.30. The van der Waals surface area contributed by atoms with Crippen molar-refractivity contribution in [3.05, 3.63) is 82.2 Å². The molecule has 0 N–H and O–H groups in total. The highest BCUT2D eigenvalue weighted by Crippen LogP contribution is 2.44. The average Bonchev–Trinajstić information content (AvgIpc) is 3.00. The zero-order valence-corrected chi connectivity index (χ0v) is 17.0. The van der Waals surface area contributed by atoms with Crippen molar-refractivity contribution in [1.82, 2.24) is 5.16 Å². The SMILES string of the molecule is Cc1noc2c1-c1ccccc1C(c1ccc(Cl)cc1)=C[C@H]2CC(=O)C(C)C. The van der Waals surface area contributed by atoms with Gasteiger partial charge in [0.05, 0.1) is 5.69 Å². The van der Waals surface area contributed by atoms with Crippen LogP contribution in [0.25, 0.3) is 16.7 Å². The second-order valence-electron chi connectivity index (χ2n) is 7.57. The van der Waals surface area contributed by atoms with Crippen molar-refractivity contribution in [1.29, 1.82) is 0 Å². The first-order valence-corrected chi connectivity index (χ1v) is 9.90. The van der Waals surface area contributed by atoms with Gasteiger partial charge in [0.1, 0.15) is 5.78 Å². The number of carbonyl (C=O) groups excluding carboxylic acids is 1. The third-order valence-electron chi connectivity index (χ3n) is 5.30. The Bertz CT molecular complexity index is 1060. The van der Waals surface area contributed by atoms with E-state index in [2.05, 4.69) is 23.4 Å². The minimum atomic E-state index is -0.163. The van der Waals surface area contributed by atoms with E-state index in [0.29, 0.717) is 11.4 Å². The van der Waals surface area contributed by atoms with Crippen LogP contribution in [0.1, 0.15) is 48.8 Å². The van der Waals surface area contributed by atoms with Crippen LogP contribution in [0.15, 0.2) is 59.1 Å². The summed E-state index contributed by atoms with van der Waals surface area (Å²) >= 11 is 6.10. The zero-order chi connectivity index (χ0) is 19.8. The first-order valence-electron chi connectivity index (χ1n) is 9.52. The van der Waals surface area contributed by atoms with E-state index < -0.39 is 0 Å². The summed E-state index contributed by atoms with van der Waals surface area (Å²) in [6.45, 7) is 5.82. The number of benzene rings is 2. The normalized spacial score (nSPS) is 15.6. The number of rotatable bonds is 4. The van der Waals surface area contributed by atoms with Crippen molar-refractivity contribution in [2.75, 3.05) is 0 Å². The third-order valence-corrected chi connectivity index (χ3v) is 5.55. The number of aromatic nitrogens is 1. The average molecular weight is 392 g/mol. The predicted octanol–water partition coefficient (Wildman–Crippen LogP) is 6.45. The molecule has 1 heterocycles. The maximum absolute atomic E-state index is 12.6. The molecule has 4 heteroatoms. The van der Waals surface area contributed by atoms with Gasteiger partial charge in [0.25, 0.3) is 0 Å². The maximum atomic E-state index is 12.6. The Labute approximate surface area is 170 Å². The van der Waals surface area contributed by atoms with E-state index in [1.807, 2.05) is 57.2 Å². The standard InChI is InChI=1S/C24H22ClNO2/c1-14(2)22(27)13-17-12-21(16-8-10-18(25)11-9-16)19-6-4-5-7-20(19)23-15(3)26-28-24(17)23/h4-12,14,17H,13H2,1-3H3/t17-/m0/s1. The Hall–Kier alpha value is -2.65. The van der Waals surface area contributed by atoms with E-state index in [1.165, 1.54) is 0 Å². The molecule has 0 saturated heterocycles. The number of nitrogens with zero attached hydrogens (tertiary/aromatic N) is 1. The smallest absolute Gasteiger partial charge is 0.152 e. The summed E-state index contributed by atoms with van der Waals surface area (Å²) in [7, 11) is 0. The van der Waals surface area contributed by atoms with Crippen molar-refractivity contribution in [3.63, 3.8) is 0 Å². The third kappa shape index (κ3) is 3.31. The molecule has 3 aromatic rings. The number of allylic oxidation sites excluding steroid dienone is 1. The largest absolute Gasteiger partial charge is 0.360 e. The number of carbonyl (C=O) groups is 1. The molecular formula is C24H22ClNO2. The van der Waals surface area contributed by atoms with Gasteiger partial charge in [-0.1, -0.05) is 73.1 Å². The molecule has 0 radical (unpaired) electrons. The minimum Gasteiger partial charge on any atom is -0.360 e. The van der Waals surface area contributed by atoms with Crippen molar-refractivity contribution >= 4 is 23.0 Å². The first-order chi connectivity index (χ1) is 13.5. The van der Waals surface area contributed by atoms with E-state index in [4.69, 9.17) is 16.1 Å². The van der Waals surface area contributed by atoms with E-state index in [0.717, 1.165) is 39.3 Å². The van der Waals surface area contributed by atoms with Gasteiger partial charge in [-0.15, -0.1) is 0 Å². The summed E-state index contributed by atoms with van der Waals surface area (Å²) in [5.74, 6) is 0.792. The van der Waals surface area contributed by atoms with Crippen LogP contribution in [0.2, 0.25) is 5.02 Å². The molecule has 2 aromatic carbocycles. The van der Waals surface area contributed by atoms with Crippen molar-refractivity contribution in [3.8, 4) is 11.1 Å². The minimum absolute atomic E-state index is 0.0227. The van der Waals surface area contributed by atoms with Gasteiger partial charge < -0.3 is 4.52 Å². The van der Waals surface area contributed by atoms with E-state index >= 15 is 0 Å². The van der Waals surface area contributed by atoms with Gasteiger partial charge in [-0.25, -0.2) is 0 Å². The lowest BCUT2D eigenvalue weighted by atomic mass is 9.90. The lowest BCUT2D eigenvalue weighted by Gasteiger charge is -2.13. The van der Waals surface area contributed by atoms with Gasteiger partial charge in [-0.3, -0.25) is 4.79 Å². The molecule has 142 valence electrons. The fourth-order valence-electron chi connectivity index (χ4n) is 3.76. The Morgan fingerprint density at radius 2 is 1.79 bits per heavy atom. The van der Waals surface area contributed by atoms with Crippen LogP contribution in [0.5, 0.6) is 0 Å². The van der Waals surface area contributed by atoms with Crippen LogP contribution in [-0.2, 0) is 4.79 Å². The second-order valence-corrected chi connectivity index (χ2v) is 8.01. The zero-order valence-electron chi connectivity index (χ0n) is 16.2. The van der Waals surface area contributed by atoms with Crippen LogP contribution >= 0.6 is 11.6 Å². The van der Waals surface area contributed by atoms with E-state index in [-0.39, 0.29) is 17.6 Å². The van der Waals surface area contributed by atoms with Gasteiger partial charge in [0.2, 0.25) is 0 Å². The van der Waals surface area contributed by atoms with E-state index in [9.17, 15) is 4.79 Å². The molecule has 1 aromatic heterocycles. The first kappa shape index (κ1) is 18.7. The Morgan fingerprint density at radius 3 is 2.46 bits per heavy atom. The van der Waals surface area contributed by atoms with Crippen LogP contribution in [0.3, 0.4) is 0 Å². The Kier molecular flexibility index (Phi) is 4.94. The number of ketones is 1. The number of fused-ring (bicyclic) bond motifs is 3. The predicted molar refractivity (Wildman–Crippen MR) is 112 cm³/mol. The maximum Gasteiger partial charge on any atom is 0.152 e. The molecule has 0 unspecified atom stereocenters. The number of Topliss-reactive ketones (excluding diaryl/α,β-unsaturated/α-hetero) is 1. The van der Waals surface area contributed by atoms with Gasteiger partial charge in [0.15, 0.2) is 5.76 Å². The molecule has 0 fully saturated rings. The number of aryl methyl sites for hydroxylation is 1. The van der Waals surface area contributed by atoms with Gasteiger partial charge >= 0.3 is 0 Å². The Balaban J connectivity index is 1.95. The van der Waals surface area contributed by atoms with Crippen LogP contribution in [0.4, 0.5) is 0 Å². The molecule has 0 spiro atoms. The van der Waals surface area contributed by atoms with E-state index in [1.54, 1.807) is 0 Å². The van der Waals surface area contributed by atoms with Crippen LogP contribution in [0, 0.1) is 12.8 Å². The second kappa shape index (κ2) is 7.40. The summed E-state index contributed by atoms with van der Waals surface area (Å²) in [5, 5.41) is 4.92. The fraction of sp³-hybridized carbons (Fsp3) is 0.250. The molecule has 0 saturated carbocycles. The lowest BCUT2D eigenvalue weighted by molar-refractivity contribution is -0.122.